The normalized spacial score (nSPS) is 10.3. The molecule has 0 aliphatic rings. The van der Waals surface area contributed by atoms with Crippen LogP contribution < -0.4 is 11.3 Å². The Labute approximate surface area is 123 Å². The van der Waals surface area contributed by atoms with Crippen LogP contribution in [0.2, 0.25) is 5.02 Å². The van der Waals surface area contributed by atoms with Crippen LogP contribution in [0.25, 0.3) is 11.3 Å². The highest BCUT2D eigenvalue weighted by molar-refractivity contribution is 6.30. The molecule has 0 aliphatic heterocycles. The largest absolute Gasteiger partial charge is 0.477 e. The van der Waals surface area contributed by atoms with Crippen molar-refractivity contribution in [3.63, 3.8) is 0 Å². The second-order valence-electron chi connectivity index (χ2n) is 4.18. The third-order valence-electron chi connectivity index (χ3n) is 2.65. The van der Waals surface area contributed by atoms with Crippen molar-refractivity contribution in [2.45, 2.75) is 6.54 Å². The molecule has 8 heteroatoms. The van der Waals surface area contributed by atoms with Crippen LogP contribution in [0.5, 0.6) is 0 Å². The van der Waals surface area contributed by atoms with Crippen LogP contribution in [0, 0.1) is 0 Å². The molecule has 7 nitrogen and oxygen atoms in total. The fourth-order valence-electron chi connectivity index (χ4n) is 1.71. The number of aromatic nitrogens is 2. The Hall–Kier alpha value is -2.67. The molecule has 0 unspecified atom stereocenters. The summed E-state index contributed by atoms with van der Waals surface area (Å²) in [5.74, 6) is -2.20. The smallest absolute Gasteiger partial charge is 0.341 e. The van der Waals surface area contributed by atoms with Gasteiger partial charge in [-0.05, 0) is 18.2 Å². The summed E-state index contributed by atoms with van der Waals surface area (Å²) in [7, 11) is 0. The molecule has 21 heavy (non-hydrogen) atoms. The minimum absolute atomic E-state index is 0.227. The van der Waals surface area contributed by atoms with Gasteiger partial charge in [0.05, 0.1) is 5.69 Å². The van der Waals surface area contributed by atoms with Gasteiger partial charge < -0.3 is 10.8 Å². The van der Waals surface area contributed by atoms with E-state index < -0.39 is 29.5 Å². The average molecular weight is 308 g/mol. The molecule has 2 aromatic rings. The van der Waals surface area contributed by atoms with E-state index in [-0.39, 0.29) is 5.69 Å². The van der Waals surface area contributed by atoms with Gasteiger partial charge in [0.25, 0.3) is 5.56 Å². The molecule has 0 aliphatic carbocycles. The minimum atomic E-state index is -1.41. The van der Waals surface area contributed by atoms with Crippen LogP contribution in [0.1, 0.15) is 10.4 Å². The molecule has 0 radical (unpaired) electrons. The Balaban J connectivity index is 2.63. The van der Waals surface area contributed by atoms with Crippen LogP contribution in [-0.2, 0) is 11.3 Å². The number of benzene rings is 1. The highest BCUT2D eigenvalue weighted by Gasteiger charge is 2.16. The number of primary amides is 1. The first kappa shape index (κ1) is 14.7. The third kappa shape index (κ3) is 3.26. The molecule has 0 saturated carbocycles. The molecular weight excluding hydrogens is 298 g/mol. The molecule has 2 rings (SSSR count). The fourth-order valence-corrected chi connectivity index (χ4v) is 1.84. The average Bonchev–Trinajstić information content (AvgIpc) is 2.41. The van der Waals surface area contributed by atoms with Crippen molar-refractivity contribution in [3.8, 4) is 11.3 Å². The molecular formula is C13H10ClN3O4. The Morgan fingerprint density at radius 2 is 1.90 bits per heavy atom. The Kier molecular flexibility index (Phi) is 4.04. The van der Waals surface area contributed by atoms with E-state index in [1.807, 2.05) is 0 Å². The number of carboxylic acid groups (broad SMARTS) is 1. The van der Waals surface area contributed by atoms with E-state index in [2.05, 4.69) is 5.10 Å². The summed E-state index contributed by atoms with van der Waals surface area (Å²) >= 11 is 5.78. The molecule has 0 saturated heterocycles. The van der Waals surface area contributed by atoms with Gasteiger partial charge in [0.1, 0.15) is 12.1 Å². The number of hydrogen-bond donors (Lipinski definition) is 2. The van der Waals surface area contributed by atoms with Gasteiger partial charge in [-0.15, -0.1) is 0 Å². The fraction of sp³-hybridized carbons (Fsp3) is 0.0769. The van der Waals surface area contributed by atoms with E-state index in [0.717, 1.165) is 10.7 Å². The number of nitrogens with zero attached hydrogens (tertiary/aromatic N) is 2. The van der Waals surface area contributed by atoms with Crippen molar-refractivity contribution in [1.82, 2.24) is 9.78 Å². The number of hydrogen-bond acceptors (Lipinski definition) is 4. The number of aromatic carboxylic acids is 1. The van der Waals surface area contributed by atoms with Gasteiger partial charge in [-0.3, -0.25) is 9.59 Å². The van der Waals surface area contributed by atoms with Crippen LogP contribution in [0.3, 0.4) is 0 Å². The Bertz CT molecular complexity index is 768. The first-order chi connectivity index (χ1) is 9.88. The number of amides is 1. The molecule has 1 heterocycles. The van der Waals surface area contributed by atoms with E-state index >= 15 is 0 Å². The highest BCUT2D eigenvalue weighted by Crippen LogP contribution is 2.19. The first-order valence-corrected chi connectivity index (χ1v) is 6.16. The van der Waals surface area contributed by atoms with Gasteiger partial charge in [0.15, 0.2) is 0 Å². The van der Waals surface area contributed by atoms with Gasteiger partial charge in [-0.25, -0.2) is 9.48 Å². The molecule has 0 fully saturated rings. The van der Waals surface area contributed by atoms with Crippen molar-refractivity contribution in [2.24, 2.45) is 5.73 Å². The molecule has 0 bridgehead atoms. The topological polar surface area (TPSA) is 115 Å². The first-order valence-electron chi connectivity index (χ1n) is 5.78. The van der Waals surface area contributed by atoms with Gasteiger partial charge in [0, 0.05) is 10.6 Å². The van der Waals surface area contributed by atoms with E-state index in [1.165, 1.54) is 0 Å². The SMILES string of the molecule is NC(=O)Cn1nc(-c2ccc(Cl)cc2)cc(C(=O)O)c1=O. The number of carboxylic acids is 1. The zero-order valence-corrected chi connectivity index (χ0v) is 11.4. The van der Waals surface area contributed by atoms with Crippen molar-refractivity contribution in [2.75, 3.05) is 0 Å². The number of nitrogens with two attached hydrogens (primary N) is 1. The molecule has 1 aromatic heterocycles. The zero-order chi connectivity index (χ0) is 15.6. The monoisotopic (exact) mass is 307 g/mol. The second-order valence-corrected chi connectivity index (χ2v) is 4.62. The molecule has 0 atom stereocenters. The maximum Gasteiger partial charge on any atom is 0.341 e. The van der Waals surface area contributed by atoms with Crippen molar-refractivity contribution >= 4 is 23.5 Å². The second kappa shape index (κ2) is 5.76. The maximum absolute atomic E-state index is 11.9. The Morgan fingerprint density at radius 3 is 2.43 bits per heavy atom. The van der Waals surface area contributed by atoms with E-state index in [1.54, 1.807) is 24.3 Å². The van der Waals surface area contributed by atoms with Gasteiger partial charge in [0.2, 0.25) is 5.91 Å². The summed E-state index contributed by atoms with van der Waals surface area (Å²) in [6.07, 6.45) is 0. The van der Waals surface area contributed by atoms with Crippen molar-refractivity contribution in [3.05, 3.63) is 51.3 Å². The summed E-state index contributed by atoms with van der Waals surface area (Å²) in [5, 5.41) is 13.5. The standard InChI is InChI=1S/C13H10ClN3O4/c14-8-3-1-7(2-4-8)10-5-9(13(20)21)12(19)17(16-10)6-11(15)18/h1-5H,6H2,(H2,15,18)(H,20,21). The summed E-state index contributed by atoms with van der Waals surface area (Å²) in [5.41, 5.74) is 4.43. The quantitative estimate of drug-likeness (QED) is 0.864. The Morgan fingerprint density at radius 1 is 1.29 bits per heavy atom. The molecule has 1 amide bonds. The summed E-state index contributed by atoms with van der Waals surface area (Å²) < 4.78 is 0.732. The predicted molar refractivity (Wildman–Crippen MR) is 75.1 cm³/mol. The lowest BCUT2D eigenvalue weighted by Gasteiger charge is -2.07. The number of rotatable bonds is 4. The number of carbonyl (C=O) groups is 2. The molecule has 1 aromatic carbocycles. The van der Waals surface area contributed by atoms with E-state index in [4.69, 9.17) is 22.4 Å². The van der Waals surface area contributed by atoms with Crippen molar-refractivity contribution < 1.29 is 14.7 Å². The summed E-state index contributed by atoms with van der Waals surface area (Å²) in [6.45, 7) is -0.499. The minimum Gasteiger partial charge on any atom is -0.477 e. The van der Waals surface area contributed by atoms with Crippen LogP contribution in [0.15, 0.2) is 35.1 Å². The van der Waals surface area contributed by atoms with E-state index in [0.29, 0.717) is 10.6 Å². The predicted octanol–water partition coefficient (Wildman–Crippen LogP) is 0.747. The molecule has 108 valence electrons. The van der Waals surface area contributed by atoms with Gasteiger partial charge in [-0.1, -0.05) is 23.7 Å². The van der Waals surface area contributed by atoms with Crippen LogP contribution >= 0.6 is 11.6 Å². The zero-order valence-electron chi connectivity index (χ0n) is 10.6. The lowest BCUT2D eigenvalue weighted by molar-refractivity contribution is -0.118. The lowest BCUT2D eigenvalue weighted by Crippen LogP contribution is -2.33. The van der Waals surface area contributed by atoms with E-state index in [9.17, 15) is 14.4 Å². The summed E-state index contributed by atoms with van der Waals surface area (Å²) in [6, 6.07) is 7.58. The van der Waals surface area contributed by atoms with Gasteiger partial charge in [-0.2, -0.15) is 5.10 Å². The van der Waals surface area contributed by atoms with Crippen LogP contribution in [0.4, 0.5) is 0 Å². The van der Waals surface area contributed by atoms with Crippen LogP contribution in [-0.4, -0.2) is 26.8 Å². The number of halogens is 1. The molecule has 3 N–H and O–H groups in total. The maximum atomic E-state index is 11.9. The summed E-state index contributed by atoms with van der Waals surface area (Å²) in [4.78, 5) is 33.9. The molecule has 0 spiro atoms. The lowest BCUT2D eigenvalue weighted by atomic mass is 10.1. The van der Waals surface area contributed by atoms with Gasteiger partial charge >= 0.3 is 5.97 Å². The van der Waals surface area contributed by atoms with Crippen molar-refractivity contribution in [1.29, 1.82) is 0 Å². The third-order valence-corrected chi connectivity index (χ3v) is 2.90. The highest BCUT2D eigenvalue weighted by atomic mass is 35.5. The number of carbonyl (C=O) groups excluding carboxylic acids is 1.